The summed E-state index contributed by atoms with van der Waals surface area (Å²) in [6.45, 7) is 7.79. The highest BCUT2D eigenvalue weighted by Crippen LogP contribution is 2.36. The molecule has 0 unspecified atom stereocenters. The van der Waals surface area contributed by atoms with E-state index >= 15 is 4.39 Å². The molecule has 4 heterocycles. The van der Waals surface area contributed by atoms with Crippen molar-refractivity contribution in [3.63, 3.8) is 0 Å². The van der Waals surface area contributed by atoms with Gasteiger partial charge in [0.25, 0.3) is 11.5 Å². The number of nitrogens with one attached hydrogen (secondary N) is 1. The average molecular weight is 612 g/mol. The van der Waals surface area contributed by atoms with Gasteiger partial charge in [0.15, 0.2) is 0 Å². The van der Waals surface area contributed by atoms with Gasteiger partial charge in [0, 0.05) is 54.9 Å². The summed E-state index contributed by atoms with van der Waals surface area (Å²) >= 11 is 0. The molecule has 0 saturated carbocycles. The van der Waals surface area contributed by atoms with E-state index in [0.29, 0.717) is 52.9 Å². The number of likely N-dealkylation sites (tertiary alicyclic amines) is 1. The van der Waals surface area contributed by atoms with Gasteiger partial charge in [-0.15, -0.1) is 0 Å². The summed E-state index contributed by atoms with van der Waals surface area (Å²) in [4.78, 5) is 30.9. The number of carbonyl (C=O) groups is 1. The molecule has 2 aromatic heterocycles. The molecule has 1 amide bonds. The lowest BCUT2D eigenvalue weighted by molar-refractivity contribution is 0.0964. The van der Waals surface area contributed by atoms with E-state index in [4.69, 9.17) is 0 Å². The number of hydrogen-bond acceptors (Lipinski definition) is 5. The fourth-order valence-corrected chi connectivity index (χ4v) is 7.25. The summed E-state index contributed by atoms with van der Waals surface area (Å²) in [7, 11) is 3.76. The molecule has 3 aliphatic rings. The average Bonchev–Trinajstić information content (AvgIpc) is 3.63. The second-order valence-corrected chi connectivity index (χ2v) is 12.4. The summed E-state index contributed by atoms with van der Waals surface area (Å²) in [6.07, 6.45) is 14.0. The summed E-state index contributed by atoms with van der Waals surface area (Å²) in [5.41, 5.74) is 6.53. The third-order valence-electron chi connectivity index (χ3n) is 9.56. The number of anilines is 2. The molecule has 0 spiro atoms. The summed E-state index contributed by atoms with van der Waals surface area (Å²) in [5.74, 6) is -0.728. The van der Waals surface area contributed by atoms with Crippen LogP contribution in [0.5, 0.6) is 0 Å². The Bertz CT molecular complexity index is 1780. The quantitative estimate of drug-likeness (QED) is 0.327. The SMILES string of the molecule is C=C(/C=C\C(=C/C)[C@@H]1CCCN1C)Nc1cc(-c2cc(F)cc(N3CCn4c(cc5c4CCCC5)C3=O)c2CO)cn(C)c1=O. The molecule has 1 aliphatic carbocycles. The van der Waals surface area contributed by atoms with E-state index in [1.54, 1.807) is 24.2 Å². The second kappa shape index (κ2) is 12.7. The van der Waals surface area contributed by atoms with Gasteiger partial charge in [-0.05, 0) is 106 Å². The van der Waals surface area contributed by atoms with Crippen LogP contribution in [0.25, 0.3) is 11.1 Å². The first-order chi connectivity index (χ1) is 21.7. The lowest BCUT2D eigenvalue weighted by Gasteiger charge is -2.31. The van der Waals surface area contributed by atoms with Gasteiger partial charge < -0.3 is 24.5 Å². The fourth-order valence-electron chi connectivity index (χ4n) is 7.25. The first-order valence-corrected chi connectivity index (χ1v) is 15.9. The molecule has 1 saturated heterocycles. The number of halogens is 1. The first-order valence-electron chi connectivity index (χ1n) is 15.9. The number of benzene rings is 1. The van der Waals surface area contributed by atoms with Gasteiger partial charge in [-0.3, -0.25) is 14.5 Å². The first kappa shape index (κ1) is 30.8. The smallest absolute Gasteiger partial charge is 0.274 e. The Balaban J connectivity index is 1.31. The lowest BCUT2D eigenvalue weighted by Crippen LogP contribution is -2.41. The number of rotatable bonds is 8. The van der Waals surface area contributed by atoms with Crippen molar-refractivity contribution in [1.82, 2.24) is 14.0 Å². The molecule has 8 nitrogen and oxygen atoms in total. The van der Waals surface area contributed by atoms with Crippen molar-refractivity contribution in [3.8, 4) is 11.1 Å². The van der Waals surface area contributed by atoms with E-state index in [2.05, 4.69) is 34.5 Å². The highest BCUT2D eigenvalue weighted by molar-refractivity contribution is 6.07. The molecule has 2 N–H and O–H groups in total. The molecule has 9 heteroatoms. The number of carbonyl (C=O) groups excluding carboxylic acids is 1. The molecule has 6 rings (SSSR count). The summed E-state index contributed by atoms with van der Waals surface area (Å²) in [5, 5.41) is 13.7. The number of aryl methyl sites for hydroxylation is 2. The zero-order valence-electron chi connectivity index (χ0n) is 26.4. The molecule has 3 aromatic rings. The van der Waals surface area contributed by atoms with E-state index in [-0.39, 0.29) is 17.2 Å². The predicted octanol–water partition coefficient (Wildman–Crippen LogP) is 5.55. The second-order valence-electron chi connectivity index (χ2n) is 12.4. The molecule has 2 aliphatic heterocycles. The Hall–Kier alpha value is -4.21. The Morgan fingerprint density at radius 3 is 2.60 bits per heavy atom. The molecule has 45 heavy (non-hydrogen) atoms. The summed E-state index contributed by atoms with van der Waals surface area (Å²) in [6, 6.07) is 6.66. The standard InChI is InChI=1S/C36H42FN5O3/c1-5-24(31-11-8-14-39(31)3)13-12-23(2)38-30-17-26(21-40(4)35(30)44)28-19-27(37)20-33(29(28)22-43)42-16-15-41-32-10-7-6-9-25(32)18-34(41)36(42)45/h5,12-13,17-21,31,38,43H,2,6-11,14-16,22H2,1,3-4H3/b13-12-,24-5+/t31-/m0/s1. The van der Waals surface area contributed by atoms with Crippen LogP contribution in [-0.4, -0.2) is 51.2 Å². The van der Waals surface area contributed by atoms with Crippen LogP contribution in [0.1, 0.15) is 59.9 Å². The van der Waals surface area contributed by atoms with E-state index in [0.717, 1.165) is 45.1 Å². The van der Waals surface area contributed by atoms with Gasteiger partial charge >= 0.3 is 0 Å². The van der Waals surface area contributed by atoms with Crippen molar-refractivity contribution in [1.29, 1.82) is 0 Å². The number of likely N-dealkylation sites (N-methyl/N-ethyl adjacent to an activating group) is 1. The Kier molecular flexibility index (Phi) is 8.66. The van der Waals surface area contributed by atoms with Crippen LogP contribution in [0.15, 0.2) is 71.3 Å². The fraction of sp³-hybridized carbons (Fsp3) is 0.389. The molecular weight excluding hydrogens is 569 g/mol. The van der Waals surface area contributed by atoms with Crippen molar-refractivity contribution in [2.45, 2.75) is 64.6 Å². The van der Waals surface area contributed by atoms with Crippen LogP contribution in [0.3, 0.4) is 0 Å². The topological polar surface area (TPSA) is 82.7 Å². The summed E-state index contributed by atoms with van der Waals surface area (Å²) < 4.78 is 18.8. The maximum absolute atomic E-state index is 15.3. The van der Waals surface area contributed by atoms with Gasteiger partial charge in [-0.2, -0.15) is 0 Å². The Morgan fingerprint density at radius 2 is 1.87 bits per heavy atom. The van der Waals surface area contributed by atoms with E-state index in [1.165, 1.54) is 33.5 Å². The van der Waals surface area contributed by atoms with Crippen molar-refractivity contribution in [2.24, 2.45) is 7.05 Å². The number of hydrogen-bond donors (Lipinski definition) is 2. The number of pyridine rings is 1. The van der Waals surface area contributed by atoms with Gasteiger partial charge in [-0.1, -0.05) is 18.7 Å². The number of aromatic nitrogens is 2. The number of aliphatic hydroxyl groups is 1. The van der Waals surface area contributed by atoms with Gasteiger partial charge in [-0.25, -0.2) is 4.39 Å². The Morgan fingerprint density at radius 1 is 1.07 bits per heavy atom. The normalized spacial score (nSPS) is 18.9. The number of fused-ring (bicyclic) bond motifs is 3. The monoisotopic (exact) mass is 611 g/mol. The molecule has 1 aromatic carbocycles. The zero-order chi connectivity index (χ0) is 31.8. The van der Waals surface area contributed by atoms with Crippen molar-refractivity contribution < 1.29 is 14.3 Å². The molecule has 0 bridgehead atoms. The van der Waals surface area contributed by atoms with Crippen LogP contribution < -0.4 is 15.8 Å². The molecule has 1 atom stereocenters. The van der Waals surface area contributed by atoms with Gasteiger partial charge in [0.1, 0.15) is 17.2 Å². The Labute approximate surface area is 263 Å². The van der Waals surface area contributed by atoms with Gasteiger partial charge in [0.2, 0.25) is 0 Å². The minimum atomic E-state index is -0.531. The number of aliphatic hydroxyl groups excluding tert-OH is 1. The molecule has 1 fully saturated rings. The van der Waals surface area contributed by atoms with Gasteiger partial charge in [0.05, 0.1) is 12.3 Å². The van der Waals surface area contributed by atoms with E-state index in [1.807, 2.05) is 25.1 Å². The maximum Gasteiger partial charge on any atom is 0.274 e. The van der Waals surface area contributed by atoms with E-state index in [9.17, 15) is 14.7 Å². The van der Waals surface area contributed by atoms with E-state index < -0.39 is 12.4 Å². The predicted molar refractivity (Wildman–Crippen MR) is 177 cm³/mol. The number of amides is 1. The zero-order valence-corrected chi connectivity index (χ0v) is 26.4. The molecule has 236 valence electrons. The molecule has 0 radical (unpaired) electrons. The van der Waals surface area contributed by atoms with Crippen molar-refractivity contribution >= 4 is 17.3 Å². The molecular formula is C36H42FN5O3. The number of allylic oxidation sites excluding steroid dienone is 2. The van der Waals surface area contributed by atoms with Crippen LogP contribution >= 0.6 is 0 Å². The van der Waals surface area contributed by atoms with Crippen LogP contribution in [-0.2, 0) is 33.0 Å². The minimum Gasteiger partial charge on any atom is -0.392 e. The third kappa shape index (κ3) is 5.82. The van der Waals surface area contributed by atoms with Crippen LogP contribution in [0.2, 0.25) is 0 Å². The third-order valence-corrected chi connectivity index (χ3v) is 9.56. The highest BCUT2D eigenvalue weighted by atomic mass is 19.1. The lowest BCUT2D eigenvalue weighted by atomic mass is 9.97. The minimum absolute atomic E-state index is 0.197. The largest absolute Gasteiger partial charge is 0.392 e. The highest BCUT2D eigenvalue weighted by Gasteiger charge is 2.32. The van der Waals surface area contributed by atoms with Crippen LogP contribution in [0, 0.1) is 5.82 Å². The van der Waals surface area contributed by atoms with Crippen LogP contribution in [0.4, 0.5) is 15.8 Å². The number of nitrogens with zero attached hydrogens (tertiary/aromatic N) is 4. The maximum atomic E-state index is 15.3. The van der Waals surface area contributed by atoms with Crippen molar-refractivity contribution in [3.05, 3.63) is 105 Å². The van der Waals surface area contributed by atoms with Crippen molar-refractivity contribution in [2.75, 3.05) is 30.4 Å².